The fraction of sp³-hybridized carbons (Fsp3) is 0.333. The summed E-state index contributed by atoms with van der Waals surface area (Å²) in [4.78, 5) is 18.1. The van der Waals surface area contributed by atoms with E-state index >= 15 is 0 Å². The average molecular weight is 368 g/mol. The standard InChI is InChI=1S/C18H20N6OS/c1-26-15-5-2-4-14(12-15)18(25)23-9-3-8-22(10-11-23)17-7-6-16-20-19-13-24(16)21-17/h2,4-7,12-13H,3,8-11H2,1H3. The lowest BCUT2D eigenvalue weighted by Gasteiger charge is -2.23. The van der Waals surface area contributed by atoms with Gasteiger partial charge in [-0.25, -0.2) is 0 Å². The molecule has 1 amide bonds. The molecule has 1 aliphatic heterocycles. The normalized spacial score (nSPS) is 15.3. The van der Waals surface area contributed by atoms with Crippen molar-refractivity contribution in [2.45, 2.75) is 11.3 Å². The molecule has 0 atom stereocenters. The van der Waals surface area contributed by atoms with Gasteiger partial charge in [-0.05, 0) is 43.0 Å². The zero-order valence-corrected chi connectivity index (χ0v) is 15.4. The molecule has 3 aromatic rings. The van der Waals surface area contributed by atoms with Crippen molar-refractivity contribution in [3.05, 3.63) is 48.3 Å². The summed E-state index contributed by atoms with van der Waals surface area (Å²) in [6, 6.07) is 11.7. The van der Waals surface area contributed by atoms with Crippen LogP contribution in [0, 0.1) is 0 Å². The maximum Gasteiger partial charge on any atom is 0.253 e. The first-order valence-corrected chi connectivity index (χ1v) is 9.82. The molecule has 0 unspecified atom stereocenters. The van der Waals surface area contributed by atoms with E-state index in [0.29, 0.717) is 6.54 Å². The first kappa shape index (κ1) is 16.8. The summed E-state index contributed by atoms with van der Waals surface area (Å²) < 4.78 is 1.68. The van der Waals surface area contributed by atoms with Crippen molar-refractivity contribution in [2.24, 2.45) is 0 Å². The second-order valence-electron chi connectivity index (χ2n) is 6.19. The van der Waals surface area contributed by atoms with Crippen molar-refractivity contribution >= 4 is 29.1 Å². The van der Waals surface area contributed by atoms with Crippen LogP contribution in [0.1, 0.15) is 16.8 Å². The average Bonchev–Trinajstić information content (AvgIpc) is 3.02. The SMILES string of the molecule is CSc1cccc(C(=O)N2CCCN(c3ccc4nncn4n3)CC2)c1. The Bertz CT molecular complexity index is 927. The summed E-state index contributed by atoms with van der Waals surface area (Å²) in [5.74, 6) is 0.987. The monoisotopic (exact) mass is 368 g/mol. The lowest BCUT2D eigenvalue weighted by Crippen LogP contribution is -2.35. The number of hydrogen-bond donors (Lipinski definition) is 0. The number of hydrogen-bond acceptors (Lipinski definition) is 6. The highest BCUT2D eigenvalue weighted by atomic mass is 32.2. The molecular formula is C18H20N6OS. The maximum atomic E-state index is 12.9. The molecule has 1 aliphatic rings. The molecule has 3 heterocycles. The quantitative estimate of drug-likeness (QED) is 0.661. The summed E-state index contributed by atoms with van der Waals surface area (Å²) in [5, 5.41) is 12.4. The van der Waals surface area contributed by atoms with Crippen molar-refractivity contribution in [3.8, 4) is 0 Å². The molecule has 0 saturated carbocycles. The van der Waals surface area contributed by atoms with E-state index < -0.39 is 0 Å². The van der Waals surface area contributed by atoms with Crippen LogP contribution in [0.5, 0.6) is 0 Å². The Labute approximate surface area is 156 Å². The van der Waals surface area contributed by atoms with Gasteiger partial charge in [0.2, 0.25) is 0 Å². The van der Waals surface area contributed by atoms with Crippen molar-refractivity contribution < 1.29 is 4.79 Å². The van der Waals surface area contributed by atoms with Gasteiger partial charge in [-0.2, -0.15) is 4.52 Å². The van der Waals surface area contributed by atoms with Crippen LogP contribution in [0.4, 0.5) is 5.82 Å². The number of benzene rings is 1. The summed E-state index contributed by atoms with van der Waals surface area (Å²) in [7, 11) is 0. The number of rotatable bonds is 3. The van der Waals surface area contributed by atoms with E-state index in [1.54, 1.807) is 22.6 Å². The lowest BCUT2D eigenvalue weighted by molar-refractivity contribution is 0.0766. The fourth-order valence-corrected chi connectivity index (χ4v) is 3.63. The van der Waals surface area contributed by atoms with Crippen LogP contribution in [-0.2, 0) is 0 Å². The molecule has 0 bridgehead atoms. The van der Waals surface area contributed by atoms with Gasteiger partial charge in [0.1, 0.15) is 12.1 Å². The highest BCUT2D eigenvalue weighted by Gasteiger charge is 2.21. The third kappa shape index (κ3) is 3.37. The highest BCUT2D eigenvalue weighted by Crippen LogP contribution is 2.19. The number of nitrogens with zero attached hydrogens (tertiary/aromatic N) is 6. The predicted molar refractivity (Wildman–Crippen MR) is 102 cm³/mol. The molecule has 1 saturated heterocycles. The van der Waals surface area contributed by atoms with Gasteiger partial charge < -0.3 is 9.80 Å². The van der Waals surface area contributed by atoms with Crippen molar-refractivity contribution in [2.75, 3.05) is 37.3 Å². The zero-order chi connectivity index (χ0) is 17.9. The number of carbonyl (C=O) groups excluding carboxylic acids is 1. The van der Waals surface area contributed by atoms with Crippen LogP contribution in [0.15, 0.2) is 47.6 Å². The van der Waals surface area contributed by atoms with Crippen LogP contribution < -0.4 is 4.90 Å². The third-order valence-electron chi connectivity index (χ3n) is 4.57. The number of anilines is 1. The Morgan fingerprint density at radius 2 is 2.04 bits per heavy atom. The van der Waals surface area contributed by atoms with E-state index in [1.165, 1.54) is 0 Å². The van der Waals surface area contributed by atoms with Gasteiger partial charge in [0.15, 0.2) is 5.65 Å². The molecule has 0 spiro atoms. The zero-order valence-electron chi connectivity index (χ0n) is 14.6. The molecule has 8 heteroatoms. The first-order chi connectivity index (χ1) is 12.7. The Kier molecular flexibility index (Phi) is 4.75. The molecule has 0 aliphatic carbocycles. The molecule has 26 heavy (non-hydrogen) atoms. The largest absolute Gasteiger partial charge is 0.353 e. The van der Waals surface area contributed by atoms with Crippen LogP contribution in [-0.4, -0.2) is 63.1 Å². The first-order valence-electron chi connectivity index (χ1n) is 8.60. The molecule has 0 radical (unpaired) electrons. The molecular weight excluding hydrogens is 348 g/mol. The van der Waals surface area contributed by atoms with E-state index in [9.17, 15) is 4.79 Å². The van der Waals surface area contributed by atoms with Crippen molar-refractivity contribution in [1.82, 2.24) is 24.7 Å². The van der Waals surface area contributed by atoms with Gasteiger partial charge in [-0.15, -0.1) is 27.1 Å². The molecule has 134 valence electrons. The van der Waals surface area contributed by atoms with Crippen molar-refractivity contribution in [3.63, 3.8) is 0 Å². The summed E-state index contributed by atoms with van der Waals surface area (Å²) in [6.45, 7) is 3.07. The summed E-state index contributed by atoms with van der Waals surface area (Å²) in [5.41, 5.74) is 1.49. The number of thioether (sulfide) groups is 1. The van der Waals surface area contributed by atoms with Gasteiger partial charge in [-0.1, -0.05) is 6.07 Å². The number of amides is 1. The number of carbonyl (C=O) groups is 1. The van der Waals surface area contributed by atoms with E-state index in [2.05, 4.69) is 20.2 Å². The Balaban J connectivity index is 1.48. The van der Waals surface area contributed by atoms with Crippen LogP contribution in [0.3, 0.4) is 0 Å². The minimum atomic E-state index is 0.102. The number of fused-ring (bicyclic) bond motifs is 1. The molecule has 2 aromatic heterocycles. The Morgan fingerprint density at radius 3 is 2.92 bits per heavy atom. The third-order valence-corrected chi connectivity index (χ3v) is 5.30. The second kappa shape index (κ2) is 7.33. The topological polar surface area (TPSA) is 66.6 Å². The van der Waals surface area contributed by atoms with E-state index in [4.69, 9.17) is 0 Å². The Morgan fingerprint density at radius 1 is 1.12 bits per heavy atom. The van der Waals surface area contributed by atoms with E-state index in [-0.39, 0.29) is 5.91 Å². The second-order valence-corrected chi connectivity index (χ2v) is 7.07. The van der Waals surface area contributed by atoms with Gasteiger partial charge in [0, 0.05) is 36.6 Å². The van der Waals surface area contributed by atoms with E-state index in [0.717, 1.165) is 48.0 Å². The van der Waals surface area contributed by atoms with Gasteiger partial charge in [0.25, 0.3) is 5.91 Å². The van der Waals surface area contributed by atoms with Gasteiger partial charge in [-0.3, -0.25) is 4.79 Å². The predicted octanol–water partition coefficient (Wildman–Crippen LogP) is 2.20. The molecule has 1 fully saturated rings. The van der Waals surface area contributed by atoms with Crippen LogP contribution in [0.2, 0.25) is 0 Å². The van der Waals surface area contributed by atoms with Gasteiger partial charge in [0.05, 0.1) is 0 Å². The lowest BCUT2D eigenvalue weighted by atomic mass is 10.2. The maximum absolute atomic E-state index is 12.9. The van der Waals surface area contributed by atoms with Crippen molar-refractivity contribution in [1.29, 1.82) is 0 Å². The fourth-order valence-electron chi connectivity index (χ4n) is 3.18. The molecule has 0 N–H and O–H groups in total. The highest BCUT2D eigenvalue weighted by molar-refractivity contribution is 7.98. The smallest absolute Gasteiger partial charge is 0.253 e. The molecule has 7 nitrogen and oxygen atoms in total. The summed E-state index contributed by atoms with van der Waals surface area (Å²) in [6.07, 6.45) is 4.54. The van der Waals surface area contributed by atoms with Crippen LogP contribution >= 0.6 is 11.8 Å². The minimum absolute atomic E-state index is 0.102. The van der Waals surface area contributed by atoms with Gasteiger partial charge >= 0.3 is 0 Å². The minimum Gasteiger partial charge on any atom is -0.353 e. The van der Waals surface area contributed by atoms with Crippen LogP contribution in [0.25, 0.3) is 5.65 Å². The Hall–Kier alpha value is -2.61. The summed E-state index contributed by atoms with van der Waals surface area (Å²) >= 11 is 1.65. The molecule has 1 aromatic carbocycles. The molecule has 4 rings (SSSR count). The van der Waals surface area contributed by atoms with E-state index in [1.807, 2.05) is 47.6 Å². The number of aromatic nitrogens is 4.